The number of unbranched alkanes of at least 4 members (excludes halogenated alkanes) is 1. The van der Waals surface area contributed by atoms with Gasteiger partial charge in [-0.1, -0.05) is 19.1 Å². The molecule has 1 N–H and O–H groups in total. The van der Waals surface area contributed by atoms with Crippen LogP contribution in [0.25, 0.3) is 0 Å². The first kappa shape index (κ1) is 22.7. The summed E-state index contributed by atoms with van der Waals surface area (Å²) in [5, 5.41) is 0. The van der Waals surface area contributed by atoms with E-state index in [-0.39, 0.29) is 5.78 Å². The van der Waals surface area contributed by atoms with Crippen molar-refractivity contribution in [3.05, 3.63) is 29.8 Å². The van der Waals surface area contributed by atoms with Gasteiger partial charge in [-0.25, -0.2) is 0 Å². The smallest absolute Gasteiger partial charge is 0.376 e. The van der Waals surface area contributed by atoms with E-state index < -0.39 is 27.3 Å². The molecule has 1 atom stereocenters. The third-order valence-corrected chi connectivity index (χ3v) is 6.10. The first-order chi connectivity index (χ1) is 13.1. The number of likely N-dealkylation sites (tertiary alicyclic amines) is 1. The van der Waals surface area contributed by atoms with Gasteiger partial charge < -0.3 is 9.08 Å². The number of rotatable bonds is 9. The van der Waals surface area contributed by atoms with Gasteiger partial charge in [0.2, 0.25) is 0 Å². The highest BCUT2D eigenvalue weighted by atomic mass is 32.2. The van der Waals surface area contributed by atoms with Crippen molar-refractivity contribution in [1.82, 2.24) is 0 Å². The van der Waals surface area contributed by atoms with E-state index in [0.29, 0.717) is 12.0 Å². The van der Waals surface area contributed by atoms with Gasteiger partial charge in [-0.2, -0.15) is 21.6 Å². The van der Waals surface area contributed by atoms with Crippen LogP contribution >= 0.6 is 0 Å². The van der Waals surface area contributed by atoms with Crippen LogP contribution in [0.1, 0.15) is 56.9 Å². The molecule has 0 aromatic heterocycles. The molecule has 0 saturated carbocycles. The molecular weight excluding hydrogens is 395 g/mol. The number of hydrogen-bond donors (Lipinski definition) is 1. The van der Waals surface area contributed by atoms with Crippen molar-refractivity contribution >= 4 is 15.9 Å². The number of carbonyl (C=O) groups is 1. The Labute approximate surface area is 164 Å². The van der Waals surface area contributed by atoms with Crippen LogP contribution in [0.2, 0.25) is 0 Å². The monoisotopic (exact) mass is 422 g/mol. The summed E-state index contributed by atoms with van der Waals surface area (Å²) in [5.74, 6) is -0.786. The van der Waals surface area contributed by atoms with Crippen molar-refractivity contribution < 1.29 is 35.5 Å². The lowest BCUT2D eigenvalue weighted by molar-refractivity contribution is -0.905. The second-order valence-electron chi connectivity index (χ2n) is 7.26. The van der Waals surface area contributed by atoms with Crippen molar-refractivity contribution in [2.45, 2.75) is 56.9 Å². The van der Waals surface area contributed by atoms with Crippen LogP contribution in [0.5, 0.6) is 5.75 Å². The van der Waals surface area contributed by atoms with Crippen molar-refractivity contribution in [3.8, 4) is 5.75 Å². The number of carbonyl (C=O) groups excluding carboxylic acids is 1. The first-order valence-electron chi connectivity index (χ1n) is 9.57. The lowest BCUT2D eigenvalue weighted by Crippen LogP contribution is -3.12. The predicted octanol–water partition coefficient (Wildman–Crippen LogP) is 2.83. The molecule has 0 spiro atoms. The van der Waals surface area contributed by atoms with Crippen LogP contribution in [0.15, 0.2) is 24.3 Å². The predicted molar refractivity (Wildman–Crippen MR) is 98.7 cm³/mol. The molecule has 1 aliphatic rings. The SMILES string of the molecule is C[C@@H](C(=O)CCCC[NH+]1CCCCC1)c1ccc(OS(=O)(=O)C(F)(F)F)cc1. The van der Waals surface area contributed by atoms with Crippen molar-refractivity contribution in [1.29, 1.82) is 0 Å². The van der Waals surface area contributed by atoms with Crippen LogP contribution in [0.4, 0.5) is 13.2 Å². The zero-order valence-electron chi connectivity index (χ0n) is 15.9. The maximum Gasteiger partial charge on any atom is 0.534 e. The lowest BCUT2D eigenvalue weighted by atomic mass is 9.93. The van der Waals surface area contributed by atoms with Crippen molar-refractivity contribution in [3.63, 3.8) is 0 Å². The summed E-state index contributed by atoms with van der Waals surface area (Å²) in [7, 11) is -5.69. The number of ketones is 1. The topological polar surface area (TPSA) is 64.9 Å². The van der Waals surface area contributed by atoms with Gasteiger partial charge in [-0.05, 0) is 49.8 Å². The Morgan fingerprint density at radius 1 is 1.11 bits per heavy atom. The van der Waals surface area contributed by atoms with E-state index in [1.165, 1.54) is 44.5 Å². The highest BCUT2D eigenvalue weighted by molar-refractivity contribution is 7.88. The third kappa shape index (κ3) is 6.48. The highest BCUT2D eigenvalue weighted by Gasteiger charge is 2.48. The minimum atomic E-state index is -5.69. The molecule has 1 aromatic carbocycles. The summed E-state index contributed by atoms with van der Waals surface area (Å²) in [4.78, 5) is 14.0. The largest absolute Gasteiger partial charge is 0.534 e. The summed E-state index contributed by atoms with van der Waals surface area (Å²) in [6.45, 7) is 5.24. The number of benzene rings is 1. The van der Waals surface area contributed by atoms with E-state index in [1.807, 2.05) is 0 Å². The molecule has 2 rings (SSSR count). The number of piperidine rings is 1. The van der Waals surface area contributed by atoms with E-state index in [9.17, 15) is 26.4 Å². The minimum Gasteiger partial charge on any atom is -0.376 e. The van der Waals surface area contributed by atoms with Crippen LogP contribution in [-0.4, -0.2) is 39.3 Å². The van der Waals surface area contributed by atoms with Gasteiger partial charge >= 0.3 is 15.6 Å². The van der Waals surface area contributed by atoms with E-state index in [0.717, 1.165) is 31.5 Å². The number of halogens is 3. The summed E-state index contributed by atoms with van der Waals surface area (Å²) in [6, 6.07) is 5.09. The summed E-state index contributed by atoms with van der Waals surface area (Å²) >= 11 is 0. The average Bonchev–Trinajstić information content (AvgIpc) is 2.65. The molecule has 158 valence electrons. The molecule has 9 heteroatoms. The Morgan fingerprint density at radius 3 is 2.29 bits per heavy atom. The first-order valence-corrected chi connectivity index (χ1v) is 11.0. The number of hydrogen-bond acceptors (Lipinski definition) is 4. The van der Waals surface area contributed by atoms with Gasteiger partial charge in [0.25, 0.3) is 0 Å². The van der Waals surface area contributed by atoms with Gasteiger partial charge in [-0.3, -0.25) is 4.79 Å². The lowest BCUT2D eigenvalue weighted by Gasteiger charge is -2.23. The summed E-state index contributed by atoms with van der Waals surface area (Å²) in [5.41, 5.74) is -4.87. The zero-order valence-corrected chi connectivity index (χ0v) is 16.7. The molecule has 0 unspecified atom stereocenters. The van der Waals surface area contributed by atoms with Crippen molar-refractivity contribution in [2.24, 2.45) is 0 Å². The molecule has 28 heavy (non-hydrogen) atoms. The second kappa shape index (κ2) is 9.73. The quantitative estimate of drug-likeness (QED) is 0.378. The van der Waals surface area contributed by atoms with Gasteiger partial charge in [-0.15, -0.1) is 0 Å². The van der Waals surface area contributed by atoms with Gasteiger partial charge in [0.05, 0.1) is 19.6 Å². The van der Waals surface area contributed by atoms with Crippen LogP contribution in [-0.2, 0) is 14.9 Å². The Balaban J connectivity index is 1.81. The Hall–Kier alpha value is -1.61. The normalized spacial score (nSPS) is 17.3. The molecule has 0 amide bonds. The Kier molecular flexibility index (Phi) is 7.88. The molecule has 0 radical (unpaired) electrons. The summed E-state index contributed by atoms with van der Waals surface area (Å²) in [6.07, 6.45) is 6.12. The van der Waals surface area contributed by atoms with E-state index >= 15 is 0 Å². The Morgan fingerprint density at radius 2 is 1.71 bits per heavy atom. The van der Waals surface area contributed by atoms with E-state index in [4.69, 9.17) is 0 Å². The molecule has 0 bridgehead atoms. The van der Waals surface area contributed by atoms with E-state index in [2.05, 4.69) is 4.18 Å². The van der Waals surface area contributed by atoms with Crippen LogP contribution in [0.3, 0.4) is 0 Å². The molecule has 1 aromatic rings. The zero-order chi connectivity index (χ0) is 20.8. The van der Waals surface area contributed by atoms with Gasteiger partial charge in [0.1, 0.15) is 11.5 Å². The molecular formula is C19H27F3NO4S+. The van der Waals surface area contributed by atoms with Crippen molar-refractivity contribution in [2.75, 3.05) is 19.6 Å². The minimum absolute atomic E-state index is 0.0604. The molecule has 1 fully saturated rings. The van der Waals surface area contributed by atoms with E-state index in [1.54, 1.807) is 11.8 Å². The number of alkyl halides is 3. The molecule has 1 saturated heterocycles. The van der Waals surface area contributed by atoms with Crippen LogP contribution in [0, 0.1) is 0 Å². The van der Waals surface area contributed by atoms with Gasteiger partial charge in [0, 0.05) is 12.3 Å². The molecule has 5 nitrogen and oxygen atoms in total. The second-order valence-corrected chi connectivity index (χ2v) is 8.80. The summed E-state index contributed by atoms with van der Waals surface area (Å²) < 4.78 is 63.1. The molecule has 0 aliphatic carbocycles. The highest BCUT2D eigenvalue weighted by Crippen LogP contribution is 2.28. The number of Topliss-reactive ketones (excluding diaryl/α,β-unsaturated/α-hetero) is 1. The third-order valence-electron chi connectivity index (χ3n) is 5.12. The maximum absolute atomic E-state index is 12.4. The number of quaternary nitrogens is 1. The Bertz CT molecular complexity index is 741. The average molecular weight is 422 g/mol. The number of nitrogens with one attached hydrogen (secondary N) is 1. The fourth-order valence-corrected chi connectivity index (χ4v) is 3.82. The van der Waals surface area contributed by atoms with Crippen LogP contribution < -0.4 is 9.08 Å². The fourth-order valence-electron chi connectivity index (χ4n) is 3.36. The fraction of sp³-hybridized carbons (Fsp3) is 0.632. The standard InChI is InChI=1S/C19H26F3NO4S/c1-15(18(24)7-3-6-14-23-12-4-2-5-13-23)16-8-10-17(11-9-16)27-28(25,26)19(20,21)22/h8-11,15H,2-7,12-14H2,1H3/p+1/t15-/m1/s1. The molecule has 1 heterocycles. The van der Waals surface area contributed by atoms with Gasteiger partial charge in [0.15, 0.2) is 0 Å². The maximum atomic E-state index is 12.4. The molecule has 1 aliphatic heterocycles.